The number of piperidine rings is 1. The molecule has 0 bridgehead atoms. The lowest BCUT2D eigenvalue weighted by Crippen LogP contribution is -2.38. The van der Waals surface area contributed by atoms with E-state index in [9.17, 15) is 9.59 Å². The van der Waals surface area contributed by atoms with E-state index in [0.717, 1.165) is 48.2 Å². The number of ether oxygens (including phenoxy) is 1. The molecule has 0 saturated carbocycles. The predicted octanol–water partition coefficient (Wildman–Crippen LogP) is 4.64. The van der Waals surface area contributed by atoms with Gasteiger partial charge in [0.05, 0.1) is 18.4 Å². The minimum atomic E-state index is -0.286. The summed E-state index contributed by atoms with van der Waals surface area (Å²) in [6.07, 6.45) is 2.03. The minimum Gasteiger partial charge on any atom is -0.495 e. The molecule has 1 saturated heterocycles. The highest BCUT2D eigenvalue weighted by Crippen LogP contribution is 2.40. The van der Waals surface area contributed by atoms with E-state index >= 15 is 0 Å². The number of rotatable bonds is 4. The molecule has 2 aromatic carbocycles. The van der Waals surface area contributed by atoms with Crippen LogP contribution in [0.2, 0.25) is 0 Å². The molecule has 0 atom stereocenters. The molecule has 1 fully saturated rings. The van der Waals surface area contributed by atoms with Crippen molar-refractivity contribution in [3.8, 4) is 5.75 Å². The Labute approximate surface area is 184 Å². The van der Waals surface area contributed by atoms with Crippen molar-refractivity contribution in [3.05, 3.63) is 64.3 Å². The fraction of sp³-hybridized carbons (Fsp3) is 0.385. The van der Waals surface area contributed by atoms with Crippen LogP contribution in [0.1, 0.15) is 42.0 Å². The third-order valence-corrected chi connectivity index (χ3v) is 6.53. The summed E-state index contributed by atoms with van der Waals surface area (Å²) in [5.41, 5.74) is 5.53. The first-order valence-corrected chi connectivity index (χ1v) is 10.9. The molecule has 4 rings (SSSR count). The van der Waals surface area contributed by atoms with Crippen molar-refractivity contribution >= 4 is 23.1 Å². The predicted molar refractivity (Wildman–Crippen MR) is 123 cm³/mol. The molecule has 0 unspecified atom stereocenters. The van der Waals surface area contributed by atoms with Crippen LogP contribution >= 0.6 is 0 Å². The average Bonchev–Trinajstić information content (AvgIpc) is 3.00. The molecule has 0 radical (unpaired) electrons. The molecule has 2 aliphatic rings. The van der Waals surface area contributed by atoms with Crippen LogP contribution in [-0.4, -0.2) is 36.9 Å². The number of nitrogens with zero attached hydrogens (tertiary/aromatic N) is 2. The molecule has 31 heavy (non-hydrogen) atoms. The molecule has 0 N–H and O–H groups in total. The van der Waals surface area contributed by atoms with Crippen molar-refractivity contribution in [1.29, 1.82) is 0 Å². The van der Waals surface area contributed by atoms with Crippen molar-refractivity contribution < 1.29 is 14.3 Å². The van der Waals surface area contributed by atoms with Gasteiger partial charge in [0.2, 0.25) is 0 Å². The van der Waals surface area contributed by atoms with E-state index in [1.54, 1.807) is 7.11 Å². The number of benzene rings is 2. The Morgan fingerprint density at radius 3 is 2.26 bits per heavy atom. The van der Waals surface area contributed by atoms with E-state index in [1.165, 1.54) is 4.90 Å². The van der Waals surface area contributed by atoms with Crippen LogP contribution < -0.4 is 9.64 Å². The molecule has 0 aromatic heterocycles. The number of imide groups is 1. The maximum absolute atomic E-state index is 13.8. The van der Waals surface area contributed by atoms with Gasteiger partial charge >= 0.3 is 0 Å². The quantitative estimate of drug-likeness (QED) is 0.679. The van der Waals surface area contributed by atoms with Gasteiger partial charge in [-0.05, 0) is 73.9 Å². The van der Waals surface area contributed by atoms with Crippen molar-refractivity contribution in [2.75, 3.05) is 25.1 Å². The minimum absolute atomic E-state index is 0.267. The zero-order chi connectivity index (χ0) is 22.3. The highest BCUT2D eigenvalue weighted by atomic mass is 16.5. The van der Waals surface area contributed by atoms with Gasteiger partial charge in [0.15, 0.2) is 0 Å². The zero-order valence-corrected chi connectivity index (χ0v) is 19.0. The van der Waals surface area contributed by atoms with Gasteiger partial charge in [-0.3, -0.25) is 9.59 Å². The fourth-order valence-electron chi connectivity index (χ4n) is 4.39. The van der Waals surface area contributed by atoms with Crippen molar-refractivity contribution in [2.45, 2.75) is 40.5 Å². The van der Waals surface area contributed by atoms with Gasteiger partial charge in [-0.15, -0.1) is 0 Å². The monoisotopic (exact) mass is 418 g/mol. The number of carbonyl (C=O) groups excluding carboxylic acids is 2. The number of hydrogen-bond donors (Lipinski definition) is 0. The Balaban J connectivity index is 1.86. The Morgan fingerprint density at radius 1 is 0.903 bits per heavy atom. The second-order valence-corrected chi connectivity index (χ2v) is 8.81. The Kier molecular flexibility index (Phi) is 5.61. The van der Waals surface area contributed by atoms with Crippen molar-refractivity contribution in [2.24, 2.45) is 5.92 Å². The summed E-state index contributed by atoms with van der Waals surface area (Å²) in [6, 6.07) is 11.5. The highest BCUT2D eigenvalue weighted by Gasteiger charge is 2.44. The zero-order valence-electron chi connectivity index (χ0n) is 19.0. The van der Waals surface area contributed by atoms with E-state index in [2.05, 4.69) is 11.8 Å². The van der Waals surface area contributed by atoms with E-state index in [1.807, 2.05) is 57.2 Å². The number of amides is 2. The normalized spacial score (nSPS) is 17.7. The van der Waals surface area contributed by atoms with Crippen LogP contribution in [0.4, 0.5) is 5.69 Å². The van der Waals surface area contributed by atoms with Crippen LogP contribution in [-0.2, 0) is 9.59 Å². The number of carbonyl (C=O) groups is 2. The molecular weight excluding hydrogens is 388 g/mol. The molecule has 0 spiro atoms. The van der Waals surface area contributed by atoms with Gasteiger partial charge in [0, 0.05) is 13.1 Å². The van der Waals surface area contributed by atoms with Crippen LogP contribution in [0.3, 0.4) is 0 Å². The summed E-state index contributed by atoms with van der Waals surface area (Å²) in [7, 11) is 1.56. The number of hydrogen-bond acceptors (Lipinski definition) is 4. The van der Waals surface area contributed by atoms with Gasteiger partial charge < -0.3 is 9.64 Å². The number of methoxy groups -OCH3 is 1. The summed E-state index contributed by atoms with van der Waals surface area (Å²) < 4.78 is 5.50. The second kappa shape index (κ2) is 8.22. The van der Waals surface area contributed by atoms with Crippen LogP contribution in [0.25, 0.3) is 5.57 Å². The third kappa shape index (κ3) is 3.73. The number of anilines is 1. The third-order valence-electron chi connectivity index (χ3n) is 6.53. The molecule has 2 heterocycles. The summed E-state index contributed by atoms with van der Waals surface area (Å²) in [5, 5.41) is 0. The average molecular weight is 419 g/mol. The molecule has 2 aromatic rings. The molecule has 162 valence electrons. The second-order valence-electron chi connectivity index (χ2n) is 8.81. The molecule has 5 heteroatoms. The molecule has 0 aliphatic carbocycles. The maximum atomic E-state index is 13.8. The van der Waals surface area contributed by atoms with E-state index < -0.39 is 0 Å². The van der Waals surface area contributed by atoms with Crippen LogP contribution in [0, 0.1) is 26.7 Å². The first-order valence-electron chi connectivity index (χ1n) is 10.9. The smallest absolute Gasteiger partial charge is 0.282 e. The largest absolute Gasteiger partial charge is 0.495 e. The summed E-state index contributed by atoms with van der Waals surface area (Å²) in [5.74, 6) is 0.588. The van der Waals surface area contributed by atoms with Crippen molar-refractivity contribution in [3.63, 3.8) is 0 Å². The number of aryl methyl sites for hydroxylation is 3. The highest BCUT2D eigenvalue weighted by molar-refractivity contribution is 6.45. The lowest BCUT2D eigenvalue weighted by Gasteiger charge is -2.32. The van der Waals surface area contributed by atoms with E-state index in [-0.39, 0.29) is 11.8 Å². The topological polar surface area (TPSA) is 49.9 Å². The Morgan fingerprint density at radius 2 is 1.61 bits per heavy atom. The first kappa shape index (κ1) is 21.2. The fourth-order valence-corrected chi connectivity index (χ4v) is 4.39. The summed E-state index contributed by atoms with van der Waals surface area (Å²) in [6.45, 7) is 9.82. The van der Waals surface area contributed by atoms with Crippen LogP contribution in [0.5, 0.6) is 5.75 Å². The lowest BCUT2D eigenvalue weighted by atomic mass is 9.96. The standard InChI is InChI=1S/C26H30N2O3/c1-16-10-12-27(13-11-16)24-23(20-8-7-18(3)19(4)15-20)25(29)28(26(24)30)21-14-17(2)6-9-22(21)31-5/h6-9,14-16H,10-13H2,1-5H3. The first-order chi connectivity index (χ1) is 14.8. The van der Waals surface area contributed by atoms with Crippen LogP contribution in [0.15, 0.2) is 42.1 Å². The molecule has 2 aliphatic heterocycles. The van der Waals surface area contributed by atoms with Crippen molar-refractivity contribution in [1.82, 2.24) is 4.90 Å². The van der Waals surface area contributed by atoms with Gasteiger partial charge in [0.25, 0.3) is 11.8 Å². The SMILES string of the molecule is COc1ccc(C)cc1N1C(=O)C(c2ccc(C)c(C)c2)=C(N2CCC(C)CC2)C1=O. The molecular formula is C26H30N2O3. The lowest BCUT2D eigenvalue weighted by molar-refractivity contribution is -0.120. The van der Waals surface area contributed by atoms with Gasteiger partial charge in [-0.2, -0.15) is 0 Å². The number of likely N-dealkylation sites (tertiary alicyclic amines) is 1. The summed E-state index contributed by atoms with van der Waals surface area (Å²) in [4.78, 5) is 30.9. The molecule has 2 amide bonds. The van der Waals surface area contributed by atoms with Gasteiger partial charge in [-0.1, -0.05) is 31.2 Å². The Bertz CT molecular complexity index is 1080. The van der Waals surface area contributed by atoms with E-state index in [4.69, 9.17) is 4.74 Å². The summed E-state index contributed by atoms with van der Waals surface area (Å²) >= 11 is 0. The van der Waals surface area contributed by atoms with Gasteiger partial charge in [-0.25, -0.2) is 4.90 Å². The Hall–Kier alpha value is -3.08. The maximum Gasteiger partial charge on any atom is 0.282 e. The van der Waals surface area contributed by atoms with Gasteiger partial charge in [0.1, 0.15) is 11.4 Å². The molecule has 5 nitrogen and oxygen atoms in total. The van der Waals surface area contributed by atoms with E-state index in [0.29, 0.717) is 28.6 Å².